The third-order valence-corrected chi connectivity index (χ3v) is 5.08. The zero-order valence-corrected chi connectivity index (χ0v) is 15.7. The number of anilines is 1. The van der Waals surface area contributed by atoms with Crippen molar-refractivity contribution in [1.29, 1.82) is 0 Å². The molecule has 6 heteroatoms. The van der Waals surface area contributed by atoms with E-state index in [1.165, 1.54) is 0 Å². The van der Waals surface area contributed by atoms with Crippen LogP contribution >= 0.6 is 0 Å². The summed E-state index contributed by atoms with van der Waals surface area (Å²) in [6, 6.07) is 5.52. The molecule has 0 saturated heterocycles. The van der Waals surface area contributed by atoms with E-state index in [4.69, 9.17) is 0 Å². The number of nitrogens with one attached hydrogen (secondary N) is 2. The number of hydrogen-bond donors (Lipinski definition) is 2. The van der Waals surface area contributed by atoms with Crippen LogP contribution in [0.1, 0.15) is 47.1 Å². The Labute approximate surface area is 158 Å². The molecule has 2 aromatic rings. The molecular weight excluding hydrogens is 340 g/mol. The number of carbonyl (C=O) groups excluding carboxylic acids is 1. The lowest BCUT2D eigenvalue weighted by atomic mass is 9.96. The highest BCUT2D eigenvalue weighted by molar-refractivity contribution is 5.93. The topological polar surface area (TPSA) is 78.1 Å². The smallest absolute Gasteiger partial charge is 0.311 e. The van der Waals surface area contributed by atoms with Gasteiger partial charge in [0.15, 0.2) is 0 Å². The highest BCUT2D eigenvalue weighted by atomic mass is 16.2. The minimum atomic E-state index is -0.241. The number of aryl methyl sites for hydroxylation is 2. The van der Waals surface area contributed by atoms with E-state index in [1.54, 1.807) is 18.9 Å². The van der Waals surface area contributed by atoms with Crippen LogP contribution in [0.4, 0.5) is 10.5 Å². The molecule has 1 aliphatic heterocycles. The van der Waals surface area contributed by atoms with Gasteiger partial charge in [0.1, 0.15) is 11.9 Å². The predicted molar refractivity (Wildman–Crippen MR) is 104 cm³/mol. The first-order valence-electron chi connectivity index (χ1n) is 9.16. The molecule has 2 aliphatic rings. The summed E-state index contributed by atoms with van der Waals surface area (Å²) >= 11 is 0. The summed E-state index contributed by atoms with van der Waals surface area (Å²) < 4.78 is 0. The van der Waals surface area contributed by atoms with Crippen molar-refractivity contribution in [1.82, 2.24) is 14.9 Å². The number of fused-ring (bicyclic) bond motifs is 1. The molecule has 1 fully saturated rings. The number of aromatic nitrogens is 2. The fraction of sp³-hybridized carbons (Fsp3) is 0.381. The van der Waals surface area contributed by atoms with Gasteiger partial charge >= 0.3 is 6.03 Å². The Hall–Kier alpha value is -3.07. The minimum absolute atomic E-state index is 0.116. The normalized spacial score (nSPS) is 18.4. The lowest BCUT2D eigenvalue weighted by molar-refractivity contribution is 0.212. The van der Waals surface area contributed by atoms with Gasteiger partial charge in [-0.05, 0) is 38.3 Å². The first kappa shape index (κ1) is 17.3. The molecule has 1 atom stereocenters. The van der Waals surface area contributed by atoms with Crippen molar-refractivity contribution in [2.24, 2.45) is 5.92 Å². The summed E-state index contributed by atoms with van der Waals surface area (Å²) in [6.45, 7) is 3.61. The van der Waals surface area contributed by atoms with Crippen molar-refractivity contribution in [2.75, 3.05) is 12.4 Å². The van der Waals surface area contributed by atoms with Crippen molar-refractivity contribution in [3.05, 3.63) is 56.8 Å². The van der Waals surface area contributed by atoms with Gasteiger partial charge in [0, 0.05) is 41.9 Å². The summed E-state index contributed by atoms with van der Waals surface area (Å²) in [5.74, 6) is 7.62. The molecule has 1 aromatic heterocycles. The zero-order chi connectivity index (χ0) is 19.1. The van der Waals surface area contributed by atoms with Crippen molar-refractivity contribution in [2.45, 2.75) is 39.2 Å². The molecular formula is C21H22N4O2. The Morgan fingerprint density at radius 3 is 2.70 bits per heavy atom. The quantitative estimate of drug-likeness (QED) is 0.807. The summed E-state index contributed by atoms with van der Waals surface area (Å²) in [6.07, 6.45) is 2.77. The molecule has 6 nitrogen and oxygen atoms in total. The van der Waals surface area contributed by atoms with Crippen molar-refractivity contribution >= 4 is 11.7 Å². The first-order chi connectivity index (χ1) is 12.9. The molecule has 27 heavy (non-hydrogen) atoms. The van der Waals surface area contributed by atoms with Gasteiger partial charge in [-0.1, -0.05) is 24.0 Å². The Morgan fingerprint density at radius 2 is 2.00 bits per heavy atom. The van der Waals surface area contributed by atoms with Gasteiger partial charge in [-0.25, -0.2) is 9.78 Å². The molecule has 0 spiro atoms. The molecule has 4 rings (SSSR count). The number of carbonyl (C=O) groups is 1. The number of amides is 2. The maximum Gasteiger partial charge on any atom is 0.322 e. The Kier molecular flexibility index (Phi) is 4.23. The Bertz CT molecular complexity index is 1040. The molecule has 0 bridgehead atoms. The number of H-pyrrole nitrogens is 1. The molecule has 2 amide bonds. The van der Waals surface area contributed by atoms with Crippen molar-refractivity contribution in [3.63, 3.8) is 0 Å². The summed E-state index contributed by atoms with van der Waals surface area (Å²) in [4.78, 5) is 33.3. The van der Waals surface area contributed by atoms with Crippen LogP contribution in [-0.4, -0.2) is 27.9 Å². The SMILES string of the molecule is Cc1nc(C)c(Cc2ccc3c(c2)NC(=O)N(C)C3C#CC2CC2)c(=O)[nH]1. The summed E-state index contributed by atoms with van der Waals surface area (Å²) in [5, 5.41) is 2.93. The van der Waals surface area contributed by atoms with E-state index >= 15 is 0 Å². The van der Waals surface area contributed by atoms with Crippen LogP contribution in [0.3, 0.4) is 0 Å². The van der Waals surface area contributed by atoms with Gasteiger partial charge in [-0.15, -0.1) is 0 Å². The van der Waals surface area contributed by atoms with Crippen LogP contribution in [0.15, 0.2) is 23.0 Å². The third-order valence-electron chi connectivity index (χ3n) is 5.08. The highest BCUT2D eigenvalue weighted by Crippen LogP contribution is 2.34. The van der Waals surface area contributed by atoms with Gasteiger partial charge in [0.2, 0.25) is 0 Å². The number of rotatable bonds is 2. The average Bonchev–Trinajstić information content (AvgIpc) is 3.43. The Morgan fingerprint density at radius 1 is 1.22 bits per heavy atom. The van der Waals surface area contributed by atoms with Crippen molar-refractivity contribution in [3.8, 4) is 11.8 Å². The summed E-state index contributed by atoms with van der Waals surface area (Å²) in [5.41, 5.74) is 3.96. The molecule has 138 valence electrons. The van der Waals surface area contributed by atoms with Crippen LogP contribution in [0.2, 0.25) is 0 Å². The van der Waals surface area contributed by atoms with E-state index in [0.29, 0.717) is 23.7 Å². The van der Waals surface area contributed by atoms with Crippen molar-refractivity contribution < 1.29 is 4.79 Å². The lowest BCUT2D eigenvalue weighted by Crippen LogP contribution is -2.39. The van der Waals surface area contributed by atoms with E-state index in [1.807, 2.05) is 25.1 Å². The second-order valence-electron chi connectivity index (χ2n) is 7.32. The maximum atomic E-state index is 12.3. The fourth-order valence-corrected chi connectivity index (χ4v) is 3.35. The predicted octanol–water partition coefficient (Wildman–Crippen LogP) is 2.91. The van der Waals surface area contributed by atoms with E-state index < -0.39 is 0 Å². The van der Waals surface area contributed by atoms with E-state index in [2.05, 4.69) is 27.1 Å². The molecule has 2 N–H and O–H groups in total. The van der Waals surface area contributed by atoms with Gasteiger partial charge < -0.3 is 15.2 Å². The molecule has 1 unspecified atom stereocenters. The third kappa shape index (κ3) is 3.45. The number of nitrogens with zero attached hydrogens (tertiary/aromatic N) is 2. The Balaban J connectivity index is 1.67. The van der Waals surface area contributed by atoms with Gasteiger partial charge in [-0.2, -0.15) is 0 Å². The summed E-state index contributed by atoms with van der Waals surface area (Å²) in [7, 11) is 1.76. The van der Waals surface area contributed by atoms with Crippen LogP contribution < -0.4 is 10.9 Å². The van der Waals surface area contributed by atoms with Crippen LogP contribution in [0, 0.1) is 31.6 Å². The van der Waals surface area contributed by atoms with Gasteiger partial charge in [-0.3, -0.25) is 4.79 Å². The van der Waals surface area contributed by atoms with Crippen LogP contribution in [0.25, 0.3) is 0 Å². The molecule has 1 aliphatic carbocycles. The number of urea groups is 1. The largest absolute Gasteiger partial charge is 0.322 e. The molecule has 1 saturated carbocycles. The molecule has 2 heterocycles. The number of aromatic amines is 1. The van der Waals surface area contributed by atoms with E-state index in [9.17, 15) is 9.59 Å². The van der Waals surface area contributed by atoms with Gasteiger partial charge in [0.05, 0.1) is 0 Å². The van der Waals surface area contributed by atoms with E-state index in [0.717, 1.165) is 35.3 Å². The maximum absolute atomic E-state index is 12.3. The monoisotopic (exact) mass is 362 g/mol. The van der Waals surface area contributed by atoms with Crippen LogP contribution in [0.5, 0.6) is 0 Å². The first-order valence-corrected chi connectivity index (χ1v) is 9.16. The van der Waals surface area contributed by atoms with Gasteiger partial charge in [0.25, 0.3) is 5.56 Å². The molecule has 0 radical (unpaired) electrons. The van der Waals surface area contributed by atoms with Crippen LogP contribution in [-0.2, 0) is 6.42 Å². The second kappa shape index (κ2) is 6.58. The zero-order valence-electron chi connectivity index (χ0n) is 15.7. The number of hydrogen-bond acceptors (Lipinski definition) is 3. The molecule has 1 aromatic carbocycles. The average molecular weight is 362 g/mol. The second-order valence-corrected chi connectivity index (χ2v) is 7.32. The standard InChI is InChI=1S/C21H22N4O2/c1-12-17(20(26)23-13(2)22-12)10-15-6-8-16-18(11-15)24-21(27)25(3)19(16)9-7-14-4-5-14/h6,8,11,14,19H,4-5,10H2,1-3H3,(H,24,27)(H,22,23,26). The van der Waals surface area contributed by atoms with E-state index in [-0.39, 0.29) is 17.6 Å². The highest BCUT2D eigenvalue weighted by Gasteiger charge is 2.29. The lowest BCUT2D eigenvalue weighted by Gasteiger charge is -2.32. The minimum Gasteiger partial charge on any atom is -0.311 e. The fourth-order valence-electron chi connectivity index (χ4n) is 3.35. The number of benzene rings is 1.